The smallest absolute Gasteiger partial charge is 0.0145 e. The van der Waals surface area contributed by atoms with Gasteiger partial charge in [0.25, 0.3) is 0 Å². The van der Waals surface area contributed by atoms with Gasteiger partial charge in [0.2, 0.25) is 0 Å². The third-order valence-corrected chi connectivity index (χ3v) is 4.98. The van der Waals surface area contributed by atoms with Crippen LogP contribution in [0.3, 0.4) is 0 Å². The van der Waals surface area contributed by atoms with Crippen molar-refractivity contribution >= 4 is 0 Å². The number of rotatable bonds is 5. The molecule has 2 heterocycles. The van der Waals surface area contributed by atoms with Gasteiger partial charge >= 0.3 is 0 Å². The van der Waals surface area contributed by atoms with Gasteiger partial charge in [0.1, 0.15) is 0 Å². The van der Waals surface area contributed by atoms with Crippen LogP contribution in [0.25, 0.3) is 0 Å². The van der Waals surface area contributed by atoms with E-state index in [9.17, 15) is 0 Å². The van der Waals surface area contributed by atoms with Crippen LogP contribution in [0.2, 0.25) is 0 Å². The number of nitrogens with zero attached hydrogens (tertiary/aromatic N) is 2. The molecule has 2 aliphatic heterocycles. The molecule has 106 valence electrons. The Labute approximate surface area is 113 Å². The highest BCUT2D eigenvalue weighted by Gasteiger charge is 2.34. The number of hydrogen-bond acceptors (Lipinski definition) is 3. The van der Waals surface area contributed by atoms with Crippen LogP contribution >= 0.6 is 0 Å². The summed E-state index contributed by atoms with van der Waals surface area (Å²) in [6.45, 7) is 8.27. The first-order chi connectivity index (χ1) is 8.74. The Morgan fingerprint density at radius 2 is 2.11 bits per heavy atom. The maximum Gasteiger partial charge on any atom is 0.0145 e. The fraction of sp³-hybridized carbons (Fsp3) is 1.00. The average molecular weight is 253 g/mol. The van der Waals surface area contributed by atoms with Crippen LogP contribution in [0.15, 0.2) is 0 Å². The lowest BCUT2D eigenvalue weighted by Gasteiger charge is -2.46. The largest absolute Gasteiger partial charge is 0.330 e. The van der Waals surface area contributed by atoms with Crippen LogP contribution in [0.4, 0.5) is 0 Å². The molecular formula is C15H31N3. The molecule has 2 fully saturated rings. The van der Waals surface area contributed by atoms with Gasteiger partial charge in [-0.15, -0.1) is 0 Å². The molecule has 0 aliphatic carbocycles. The van der Waals surface area contributed by atoms with Crippen LogP contribution < -0.4 is 5.73 Å². The highest BCUT2D eigenvalue weighted by Crippen LogP contribution is 2.29. The summed E-state index contributed by atoms with van der Waals surface area (Å²) < 4.78 is 0. The summed E-state index contributed by atoms with van der Waals surface area (Å²) in [7, 11) is 2.31. The van der Waals surface area contributed by atoms with E-state index < -0.39 is 0 Å². The molecule has 18 heavy (non-hydrogen) atoms. The van der Waals surface area contributed by atoms with Crippen molar-refractivity contribution < 1.29 is 0 Å². The van der Waals surface area contributed by atoms with Gasteiger partial charge in [-0.3, -0.25) is 0 Å². The van der Waals surface area contributed by atoms with Crippen LogP contribution in [-0.2, 0) is 0 Å². The normalized spacial score (nSPS) is 32.2. The van der Waals surface area contributed by atoms with Crippen molar-refractivity contribution in [3.63, 3.8) is 0 Å². The van der Waals surface area contributed by atoms with Crippen molar-refractivity contribution in [2.45, 2.75) is 45.1 Å². The van der Waals surface area contributed by atoms with E-state index in [1.165, 1.54) is 58.3 Å². The SMILES string of the molecule is CCCC(CN)CN1CCC2C(CCCN2C)C1. The van der Waals surface area contributed by atoms with E-state index in [0.717, 1.165) is 18.5 Å². The lowest BCUT2D eigenvalue weighted by Crippen LogP contribution is -2.53. The molecule has 3 heteroatoms. The first-order valence-electron chi connectivity index (χ1n) is 7.87. The van der Waals surface area contributed by atoms with E-state index >= 15 is 0 Å². The summed E-state index contributed by atoms with van der Waals surface area (Å²) in [6, 6.07) is 0.859. The van der Waals surface area contributed by atoms with Crippen LogP contribution in [0, 0.1) is 11.8 Å². The zero-order valence-corrected chi connectivity index (χ0v) is 12.3. The second-order valence-corrected chi connectivity index (χ2v) is 6.39. The van der Waals surface area contributed by atoms with Crippen molar-refractivity contribution in [1.29, 1.82) is 0 Å². The molecule has 0 aromatic carbocycles. The Kier molecular flexibility index (Phi) is 5.46. The van der Waals surface area contributed by atoms with Gasteiger partial charge in [-0.2, -0.15) is 0 Å². The molecule has 2 saturated heterocycles. The van der Waals surface area contributed by atoms with Crippen molar-refractivity contribution in [1.82, 2.24) is 9.80 Å². The third-order valence-electron chi connectivity index (χ3n) is 4.98. The monoisotopic (exact) mass is 253 g/mol. The molecule has 0 amide bonds. The Morgan fingerprint density at radius 3 is 2.83 bits per heavy atom. The Hall–Kier alpha value is -0.120. The number of hydrogen-bond donors (Lipinski definition) is 1. The Balaban J connectivity index is 1.82. The van der Waals surface area contributed by atoms with E-state index in [2.05, 4.69) is 23.8 Å². The molecule has 0 saturated carbocycles. The van der Waals surface area contributed by atoms with E-state index in [-0.39, 0.29) is 0 Å². The molecule has 3 unspecified atom stereocenters. The maximum absolute atomic E-state index is 5.89. The lowest BCUT2D eigenvalue weighted by atomic mass is 9.84. The first-order valence-corrected chi connectivity index (χ1v) is 7.87. The summed E-state index contributed by atoms with van der Waals surface area (Å²) in [5.74, 6) is 1.63. The van der Waals surface area contributed by atoms with Gasteiger partial charge < -0.3 is 15.5 Å². The minimum atomic E-state index is 0.716. The second kappa shape index (κ2) is 6.88. The van der Waals surface area contributed by atoms with Crippen LogP contribution in [0.5, 0.6) is 0 Å². The molecule has 0 spiro atoms. The molecular weight excluding hydrogens is 222 g/mol. The fourth-order valence-electron chi connectivity index (χ4n) is 3.95. The lowest BCUT2D eigenvalue weighted by molar-refractivity contribution is 0.0323. The Bertz CT molecular complexity index is 244. The minimum Gasteiger partial charge on any atom is -0.330 e. The summed E-state index contributed by atoms with van der Waals surface area (Å²) in [4.78, 5) is 5.28. The predicted octanol–water partition coefficient (Wildman–Crippen LogP) is 1.78. The van der Waals surface area contributed by atoms with Gasteiger partial charge in [0, 0.05) is 19.1 Å². The van der Waals surface area contributed by atoms with Gasteiger partial charge in [-0.1, -0.05) is 13.3 Å². The standard InChI is InChI=1S/C15H31N3/c1-3-5-13(10-16)11-18-9-7-15-14(12-18)6-4-8-17(15)2/h13-15H,3-12,16H2,1-2H3. The highest BCUT2D eigenvalue weighted by molar-refractivity contribution is 4.89. The molecule has 0 bridgehead atoms. The zero-order chi connectivity index (χ0) is 13.0. The molecule has 2 aliphatic rings. The van der Waals surface area contributed by atoms with Gasteiger partial charge in [-0.25, -0.2) is 0 Å². The zero-order valence-electron chi connectivity index (χ0n) is 12.3. The number of nitrogens with two attached hydrogens (primary N) is 1. The summed E-state index contributed by atoms with van der Waals surface area (Å²) >= 11 is 0. The molecule has 0 aromatic heterocycles. The van der Waals surface area contributed by atoms with E-state index in [1.54, 1.807) is 0 Å². The van der Waals surface area contributed by atoms with E-state index in [0.29, 0.717) is 5.92 Å². The second-order valence-electron chi connectivity index (χ2n) is 6.39. The topological polar surface area (TPSA) is 32.5 Å². The molecule has 0 radical (unpaired) electrons. The van der Waals surface area contributed by atoms with E-state index in [1.807, 2.05) is 0 Å². The van der Waals surface area contributed by atoms with Crippen LogP contribution in [0.1, 0.15) is 39.0 Å². The minimum absolute atomic E-state index is 0.716. The average Bonchev–Trinajstić information content (AvgIpc) is 2.38. The fourth-order valence-corrected chi connectivity index (χ4v) is 3.95. The quantitative estimate of drug-likeness (QED) is 0.810. The number of piperidine rings is 2. The van der Waals surface area contributed by atoms with Crippen molar-refractivity contribution in [3.05, 3.63) is 0 Å². The van der Waals surface area contributed by atoms with Crippen molar-refractivity contribution in [2.75, 3.05) is 39.8 Å². The first kappa shape index (κ1) is 14.3. The molecule has 0 aromatic rings. The summed E-state index contributed by atoms with van der Waals surface area (Å²) in [5.41, 5.74) is 5.89. The molecule has 3 nitrogen and oxygen atoms in total. The predicted molar refractivity (Wildman–Crippen MR) is 77.7 cm³/mol. The van der Waals surface area contributed by atoms with Crippen LogP contribution in [-0.4, -0.2) is 55.6 Å². The number of likely N-dealkylation sites (tertiary alicyclic amines) is 2. The van der Waals surface area contributed by atoms with Gasteiger partial charge in [0.05, 0.1) is 0 Å². The Morgan fingerprint density at radius 1 is 1.28 bits per heavy atom. The maximum atomic E-state index is 5.89. The third kappa shape index (κ3) is 3.46. The van der Waals surface area contributed by atoms with Crippen molar-refractivity contribution in [3.8, 4) is 0 Å². The number of fused-ring (bicyclic) bond motifs is 1. The highest BCUT2D eigenvalue weighted by atomic mass is 15.2. The van der Waals surface area contributed by atoms with Gasteiger partial charge in [-0.05, 0) is 64.2 Å². The van der Waals surface area contributed by atoms with Gasteiger partial charge in [0.15, 0.2) is 0 Å². The molecule has 3 atom stereocenters. The molecule has 2 rings (SSSR count). The van der Waals surface area contributed by atoms with Crippen molar-refractivity contribution in [2.24, 2.45) is 17.6 Å². The molecule has 2 N–H and O–H groups in total. The van der Waals surface area contributed by atoms with E-state index in [4.69, 9.17) is 5.73 Å². The summed E-state index contributed by atoms with van der Waals surface area (Å²) in [6.07, 6.45) is 6.75. The summed E-state index contributed by atoms with van der Waals surface area (Å²) in [5, 5.41) is 0.